The van der Waals surface area contributed by atoms with Gasteiger partial charge in [-0.25, -0.2) is 0 Å². The normalized spacial score (nSPS) is 30.0. The van der Waals surface area contributed by atoms with Gasteiger partial charge in [0.15, 0.2) is 0 Å². The Morgan fingerprint density at radius 3 is 1.48 bits per heavy atom. The largest absolute Gasteiger partial charge is 0.380 e. The molecule has 2 spiro atoms. The Morgan fingerprint density at radius 2 is 1.19 bits per heavy atom. The van der Waals surface area contributed by atoms with E-state index in [0.29, 0.717) is 10.8 Å². The van der Waals surface area contributed by atoms with Gasteiger partial charge in [-0.1, -0.05) is 0 Å². The van der Waals surface area contributed by atoms with Crippen molar-refractivity contribution in [2.75, 3.05) is 52.6 Å². The lowest BCUT2D eigenvalue weighted by molar-refractivity contribution is -0.195. The van der Waals surface area contributed by atoms with Crippen molar-refractivity contribution in [1.29, 1.82) is 0 Å². The van der Waals surface area contributed by atoms with Gasteiger partial charge in [-0.2, -0.15) is 0 Å². The molecule has 4 heterocycles. The Hall–Kier alpha value is -0.160. The van der Waals surface area contributed by atoms with Gasteiger partial charge in [0.05, 0.1) is 26.4 Å². The van der Waals surface area contributed by atoms with Crippen LogP contribution in [0, 0.1) is 10.8 Å². The van der Waals surface area contributed by atoms with Gasteiger partial charge >= 0.3 is 0 Å². The summed E-state index contributed by atoms with van der Waals surface area (Å²) in [6.45, 7) is 18.2. The maximum Gasteiger partial charge on any atom is 0.0569 e. The molecule has 0 aromatic carbocycles. The van der Waals surface area contributed by atoms with Crippen LogP contribution in [0.4, 0.5) is 0 Å². The molecule has 4 aliphatic heterocycles. The summed E-state index contributed by atoms with van der Waals surface area (Å²) in [5.74, 6) is 0. The predicted molar refractivity (Wildman–Crippen MR) is 84.5 cm³/mol. The molecule has 4 rings (SSSR count). The van der Waals surface area contributed by atoms with E-state index in [1.807, 2.05) is 0 Å². The monoisotopic (exact) mass is 296 g/mol. The van der Waals surface area contributed by atoms with Gasteiger partial charge in [-0.05, 0) is 40.7 Å². The maximum absolute atomic E-state index is 5.26. The van der Waals surface area contributed by atoms with Crippen LogP contribution in [0.5, 0.6) is 0 Å². The lowest BCUT2D eigenvalue weighted by atomic mass is 9.77. The number of rotatable bonds is 2. The first-order valence-electron chi connectivity index (χ1n) is 8.57. The van der Waals surface area contributed by atoms with Gasteiger partial charge in [0, 0.05) is 42.5 Å². The fourth-order valence-electron chi connectivity index (χ4n) is 3.79. The molecule has 0 amide bonds. The van der Waals surface area contributed by atoms with Crippen molar-refractivity contribution in [2.45, 2.75) is 46.2 Å². The highest BCUT2D eigenvalue weighted by Gasteiger charge is 2.49. The summed E-state index contributed by atoms with van der Waals surface area (Å²) in [4.78, 5) is 5.06. The average molecular weight is 296 g/mol. The Balaban J connectivity index is 0.000000126. The summed E-state index contributed by atoms with van der Waals surface area (Å²) in [5.41, 5.74) is 1.18. The minimum absolute atomic E-state index is 0.574. The first kappa shape index (κ1) is 15.7. The fourth-order valence-corrected chi connectivity index (χ4v) is 3.79. The zero-order valence-electron chi connectivity index (χ0n) is 14.2. The quantitative estimate of drug-likeness (QED) is 0.776. The minimum atomic E-state index is 0.574. The molecule has 0 radical (unpaired) electrons. The zero-order chi connectivity index (χ0) is 15.1. The van der Waals surface area contributed by atoms with Crippen LogP contribution in [0.15, 0.2) is 0 Å². The van der Waals surface area contributed by atoms with Gasteiger partial charge in [0.2, 0.25) is 0 Å². The molecule has 4 fully saturated rings. The van der Waals surface area contributed by atoms with E-state index in [1.54, 1.807) is 0 Å². The molecule has 0 unspecified atom stereocenters. The fraction of sp³-hybridized carbons (Fsp3) is 1.00. The Labute approximate surface area is 129 Å². The first-order valence-corrected chi connectivity index (χ1v) is 8.57. The molecule has 0 saturated carbocycles. The van der Waals surface area contributed by atoms with Crippen LogP contribution in [0.3, 0.4) is 0 Å². The van der Waals surface area contributed by atoms with E-state index in [1.165, 1.54) is 32.6 Å². The van der Waals surface area contributed by atoms with Gasteiger partial charge < -0.3 is 14.4 Å². The number of hydrogen-bond acceptors (Lipinski definition) is 4. The van der Waals surface area contributed by atoms with E-state index in [2.05, 4.69) is 37.5 Å². The van der Waals surface area contributed by atoms with E-state index < -0.39 is 0 Å². The first-order chi connectivity index (χ1) is 9.94. The van der Waals surface area contributed by atoms with Crippen LogP contribution in [0.2, 0.25) is 0 Å². The molecule has 0 bridgehead atoms. The standard InChI is InChI=1S/C9H17NO.C8H15NO/c1-8(2)10-4-3-9(5-10)6-11-7-9;1-7(2)9-3-8(4-9)5-10-6-8/h8H,3-7H2,1-2H3;7H,3-6H2,1-2H3. The summed E-state index contributed by atoms with van der Waals surface area (Å²) in [6, 6.07) is 1.45. The summed E-state index contributed by atoms with van der Waals surface area (Å²) in [6.07, 6.45) is 1.35. The molecule has 4 heteroatoms. The highest BCUT2D eigenvalue weighted by atomic mass is 16.5. The SMILES string of the molecule is CC(C)N1CC2(COC2)C1.CC(C)N1CCC2(COC2)C1. The van der Waals surface area contributed by atoms with Crippen molar-refractivity contribution in [2.24, 2.45) is 10.8 Å². The highest BCUT2D eigenvalue weighted by molar-refractivity contribution is 5.00. The van der Waals surface area contributed by atoms with Gasteiger partial charge in [0.1, 0.15) is 0 Å². The highest BCUT2D eigenvalue weighted by Crippen LogP contribution is 2.38. The van der Waals surface area contributed by atoms with Crippen molar-refractivity contribution >= 4 is 0 Å². The van der Waals surface area contributed by atoms with E-state index in [9.17, 15) is 0 Å². The molecule has 0 N–H and O–H groups in total. The van der Waals surface area contributed by atoms with Crippen LogP contribution in [-0.2, 0) is 9.47 Å². The summed E-state index contributed by atoms with van der Waals surface area (Å²) < 4.78 is 10.4. The average Bonchev–Trinajstić information content (AvgIpc) is 2.69. The van der Waals surface area contributed by atoms with Crippen LogP contribution in [0.1, 0.15) is 34.1 Å². The van der Waals surface area contributed by atoms with Crippen molar-refractivity contribution in [3.05, 3.63) is 0 Å². The lowest BCUT2D eigenvalue weighted by Gasteiger charge is -2.56. The molecule has 4 aliphatic rings. The summed E-state index contributed by atoms with van der Waals surface area (Å²) in [7, 11) is 0. The molecule has 4 saturated heterocycles. The smallest absolute Gasteiger partial charge is 0.0569 e. The molecule has 0 aromatic rings. The summed E-state index contributed by atoms with van der Waals surface area (Å²) in [5, 5.41) is 0. The van der Waals surface area contributed by atoms with E-state index in [0.717, 1.165) is 38.5 Å². The molecular formula is C17H32N2O2. The maximum atomic E-state index is 5.26. The molecule has 0 atom stereocenters. The van der Waals surface area contributed by atoms with Gasteiger partial charge in [-0.3, -0.25) is 4.90 Å². The Kier molecular flexibility index (Phi) is 4.34. The third kappa shape index (κ3) is 3.14. The Morgan fingerprint density at radius 1 is 0.714 bits per heavy atom. The topological polar surface area (TPSA) is 24.9 Å². The number of nitrogens with zero attached hydrogens (tertiary/aromatic N) is 2. The van der Waals surface area contributed by atoms with Crippen molar-refractivity contribution in [1.82, 2.24) is 9.80 Å². The minimum Gasteiger partial charge on any atom is -0.380 e. The van der Waals surface area contributed by atoms with Crippen molar-refractivity contribution < 1.29 is 9.47 Å². The molecule has 21 heavy (non-hydrogen) atoms. The number of hydrogen-bond donors (Lipinski definition) is 0. The molecular weight excluding hydrogens is 264 g/mol. The van der Waals surface area contributed by atoms with Crippen molar-refractivity contribution in [3.8, 4) is 0 Å². The Bertz CT molecular complexity index is 354. The number of ether oxygens (including phenoxy) is 2. The molecule has 4 nitrogen and oxygen atoms in total. The van der Waals surface area contributed by atoms with Crippen LogP contribution in [0.25, 0.3) is 0 Å². The van der Waals surface area contributed by atoms with E-state index >= 15 is 0 Å². The van der Waals surface area contributed by atoms with Gasteiger partial charge in [0.25, 0.3) is 0 Å². The summed E-state index contributed by atoms with van der Waals surface area (Å²) >= 11 is 0. The second-order valence-corrected chi connectivity index (χ2v) is 8.30. The van der Waals surface area contributed by atoms with Crippen LogP contribution < -0.4 is 0 Å². The molecule has 122 valence electrons. The van der Waals surface area contributed by atoms with E-state index in [4.69, 9.17) is 9.47 Å². The molecule has 0 aliphatic carbocycles. The second kappa shape index (κ2) is 5.80. The molecule has 0 aromatic heterocycles. The third-order valence-electron chi connectivity index (χ3n) is 5.64. The predicted octanol–water partition coefficient (Wildman–Crippen LogP) is 1.84. The van der Waals surface area contributed by atoms with Gasteiger partial charge in [-0.15, -0.1) is 0 Å². The lowest BCUT2D eigenvalue weighted by Crippen LogP contribution is -2.67. The van der Waals surface area contributed by atoms with Crippen LogP contribution >= 0.6 is 0 Å². The second-order valence-electron chi connectivity index (χ2n) is 8.30. The van der Waals surface area contributed by atoms with Crippen LogP contribution in [-0.4, -0.2) is 74.5 Å². The number of likely N-dealkylation sites (tertiary alicyclic amines) is 2. The van der Waals surface area contributed by atoms with Crippen molar-refractivity contribution in [3.63, 3.8) is 0 Å². The van der Waals surface area contributed by atoms with E-state index in [-0.39, 0.29) is 0 Å². The third-order valence-corrected chi connectivity index (χ3v) is 5.64. The zero-order valence-corrected chi connectivity index (χ0v) is 14.2.